The van der Waals surface area contributed by atoms with E-state index in [9.17, 15) is 36.6 Å². The zero-order valence-electron chi connectivity index (χ0n) is 19.4. The number of aromatic nitrogens is 3. The first kappa shape index (κ1) is 26.6. The van der Waals surface area contributed by atoms with Gasteiger partial charge in [0.05, 0.1) is 19.4 Å². The van der Waals surface area contributed by atoms with Crippen molar-refractivity contribution in [2.45, 2.75) is 55.8 Å². The Labute approximate surface area is 210 Å². The van der Waals surface area contributed by atoms with Crippen LogP contribution in [0.4, 0.5) is 26.3 Å². The molecule has 3 aromatic rings. The quantitative estimate of drug-likeness (QED) is 0.356. The predicted molar refractivity (Wildman–Crippen MR) is 113 cm³/mol. The first-order valence-corrected chi connectivity index (χ1v) is 11.5. The lowest BCUT2D eigenvalue weighted by Crippen LogP contribution is -2.63. The fourth-order valence-corrected chi connectivity index (χ4v) is 4.71. The van der Waals surface area contributed by atoms with Gasteiger partial charge in [0.25, 0.3) is 0 Å². The second kappa shape index (κ2) is 9.96. The number of rotatable bonds is 6. The summed E-state index contributed by atoms with van der Waals surface area (Å²) in [5, 5.41) is 28.7. The number of hydrogen-bond acceptors (Lipinski definition) is 8. The van der Waals surface area contributed by atoms with Crippen molar-refractivity contribution in [3.63, 3.8) is 0 Å². The van der Waals surface area contributed by atoms with Gasteiger partial charge in [-0.3, -0.25) is 0 Å². The van der Waals surface area contributed by atoms with Crippen molar-refractivity contribution >= 4 is 0 Å². The molecule has 15 heteroatoms. The van der Waals surface area contributed by atoms with Crippen LogP contribution in [-0.2, 0) is 27.0 Å². The van der Waals surface area contributed by atoms with E-state index in [-0.39, 0.29) is 30.0 Å². The lowest BCUT2D eigenvalue weighted by molar-refractivity contribution is -0.348. The molecular formula is C23H21F6N3O6. The van der Waals surface area contributed by atoms with E-state index in [0.717, 1.165) is 16.8 Å². The van der Waals surface area contributed by atoms with Gasteiger partial charge in [-0.2, -0.15) is 13.2 Å². The molecule has 1 aromatic carbocycles. The van der Waals surface area contributed by atoms with Gasteiger partial charge >= 0.3 is 6.18 Å². The summed E-state index contributed by atoms with van der Waals surface area (Å²) >= 11 is 0. The van der Waals surface area contributed by atoms with Gasteiger partial charge in [0.15, 0.2) is 23.2 Å². The number of benzene rings is 1. The highest BCUT2D eigenvalue weighted by atomic mass is 19.4. The van der Waals surface area contributed by atoms with Gasteiger partial charge in [0.2, 0.25) is 5.76 Å². The van der Waals surface area contributed by atoms with Gasteiger partial charge in [-0.1, -0.05) is 5.21 Å². The fraction of sp³-hybridized carbons (Fsp3) is 0.478. The number of aliphatic hydroxyl groups excluding tert-OH is 2. The summed E-state index contributed by atoms with van der Waals surface area (Å²) in [6.07, 6.45) is -6.60. The van der Waals surface area contributed by atoms with E-state index >= 15 is 0 Å². The lowest BCUT2D eigenvalue weighted by atomic mass is 9.88. The molecule has 206 valence electrons. The van der Waals surface area contributed by atoms with E-state index in [4.69, 9.17) is 18.6 Å². The highest BCUT2D eigenvalue weighted by Gasteiger charge is 2.58. The molecule has 2 saturated heterocycles. The molecule has 1 spiro atoms. The summed E-state index contributed by atoms with van der Waals surface area (Å²) in [6, 6.07) is 2.08. The van der Waals surface area contributed by atoms with Crippen molar-refractivity contribution in [2.75, 3.05) is 13.2 Å². The van der Waals surface area contributed by atoms with Gasteiger partial charge in [0, 0.05) is 12.0 Å². The molecule has 2 aliphatic heterocycles. The maximum absolute atomic E-state index is 13.8. The minimum atomic E-state index is -4.70. The third-order valence-corrected chi connectivity index (χ3v) is 6.46. The van der Waals surface area contributed by atoms with Gasteiger partial charge in [-0.05, 0) is 30.7 Å². The average molecular weight is 549 g/mol. The topological polar surface area (TPSA) is 112 Å². The Bertz CT molecular complexity index is 1270. The summed E-state index contributed by atoms with van der Waals surface area (Å²) in [5.74, 6) is -7.46. The number of ether oxygens (including phenoxy) is 3. The molecule has 4 heterocycles. The van der Waals surface area contributed by atoms with E-state index < -0.39 is 72.7 Å². The van der Waals surface area contributed by atoms with Gasteiger partial charge in [0.1, 0.15) is 42.4 Å². The molecule has 2 N–H and O–H groups in total. The Morgan fingerprint density at radius 3 is 2.50 bits per heavy atom. The number of nitrogens with zero attached hydrogens (tertiary/aromatic N) is 3. The smallest absolute Gasteiger partial charge is 0.449 e. The molecule has 2 fully saturated rings. The molecule has 0 saturated carbocycles. The Balaban J connectivity index is 1.49. The largest absolute Gasteiger partial charge is 0.454 e. The van der Waals surface area contributed by atoms with Crippen molar-refractivity contribution < 1.29 is 55.2 Å². The number of alkyl halides is 3. The van der Waals surface area contributed by atoms with E-state index in [2.05, 4.69) is 10.3 Å². The first-order valence-electron chi connectivity index (χ1n) is 11.5. The van der Waals surface area contributed by atoms with Crippen LogP contribution in [-0.4, -0.2) is 62.5 Å². The van der Waals surface area contributed by atoms with Crippen LogP contribution in [0, 0.1) is 17.5 Å². The van der Waals surface area contributed by atoms with E-state index in [1.165, 1.54) is 6.20 Å². The van der Waals surface area contributed by atoms with Crippen molar-refractivity contribution in [3.8, 4) is 11.3 Å². The van der Waals surface area contributed by atoms with Crippen LogP contribution in [0.2, 0.25) is 0 Å². The van der Waals surface area contributed by atoms with Crippen molar-refractivity contribution in [3.05, 3.63) is 59.4 Å². The minimum absolute atomic E-state index is 0.0805. The molecule has 0 amide bonds. The monoisotopic (exact) mass is 549 g/mol. The van der Waals surface area contributed by atoms with E-state index in [0.29, 0.717) is 18.6 Å². The van der Waals surface area contributed by atoms with Crippen LogP contribution in [0.5, 0.6) is 0 Å². The highest BCUT2D eigenvalue weighted by molar-refractivity contribution is 5.57. The maximum atomic E-state index is 13.8. The third-order valence-electron chi connectivity index (χ3n) is 6.46. The molecule has 5 unspecified atom stereocenters. The summed E-state index contributed by atoms with van der Waals surface area (Å²) in [6.45, 7) is -0.868. The number of hydrogen-bond donors (Lipinski definition) is 2. The van der Waals surface area contributed by atoms with Gasteiger partial charge in [-0.15, -0.1) is 5.10 Å². The first-order chi connectivity index (χ1) is 18.0. The van der Waals surface area contributed by atoms with Crippen LogP contribution < -0.4 is 0 Å². The van der Waals surface area contributed by atoms with Crippen LogP contribution >= 0.6 is 0 Å². The zero-order valence-corrected chi connectivity index (χ0v) is 19.4. The van der Waals surface area contributed by atoms with E-state index in [1.807, 2.05) is 0 Å². The number of halogens is 6. The van der Waals surface area contributed by atoms with Crippen LogP contribution in [0.25, 0.3) is 11.3 Å². The van der Waals surface area contributed by atoms with Crippen molar-refractivity contribution in [1.82, 2.24) is 15.0 Å². The molecule has 5 atom stereocenters. The Hall–Kier alpha value is -2.98. The number of furan rings is 1. The standard InChI is InChI=1S/C23H21F6N3O6/c24-13-6-11(7-14(25)18(13)26)15-8-32(31-30-15)19-20(34)16(9-33)38-22(4-1-5-36-22)21(19)35-10-12-2-3-17(37-12)23(27,28)29/h2-3,6-8,16,19-21,33-34H,1,4-5,9-10H2. The summed E-state index contributed by atoms with van der Waals surface area (Å²) in [4.78, 5) is 0. The van der Waals surface area contributed by atoms with Crippen LogP contribution in [0.15, 0.2) is 34.9 Å². The van der Waals surface area contributed by atoms with E-state index in [1.54, 1.807) is 0 Å². The van der Waals surface area contributed by atoms with Crippen molar-refractivity contribution in [1.29, 1.82) is 0 Å². The molecule has 0 aliphatic carbocycles. The Kier molecular flexibility index (Phi) is 6.98. The second-order valence-electron chi connectivity index (χ2n) is 8.92. The SMILES string of the molecule is OCC1OC2(CCCO2)C(OCc2ccc(C(F)(F)F)o2)C(n2cc(-c3cc(F)c(F)c(F)c3)nn2)C1O. The van der Waals surface area contributed by atoms with Crippen molar-refractivity contribution in [2.24, 2.45) is 0 Å². The normalized spacial score (nSPS) is 27.9. The average Bonchev–Trinajstić information content (AvgIpc) is 3.63. The Morgan fingerprint density at radius 2 is 1.89 bits per heavy atom. The Morgan fingerprint density at radius 1 is 1.16 bits per heavy atom. The minimum Gasteiger partial charge on any atom is -0.454 e. The predicted octanol–water partition coefficient (Wildman–Crippen LogP) is 3.36. The zero-order chi connectivity index (χ0) is 27.2. The molecule has 0 radical (unpaired) electrons. The summed E-state index contributed by atoms with van der Waals surface area (Å²) in [7, 11) is 0. The molecule has 5 rings (SSSR count). The van der Waals surface area contributed by atoms with Gasteiger partial charge in [-0.25, -0.2) is 17.9 Å². The third kappa shape index (κ3) is 4.80. The molecular weight excluding hydrogens is 528 g/mol. The summed E-state index contributed by atoms with van der Waals surface area (Å²) in [5.41, 5.74) is -0.226. The molecule has 9 nitrogen and oxygen atoms in total. The maximum Gasteiger partial charge on any atom is 0.449 e. The molecule has 38 heavy (non-hydrogen) atoms. The summed E-state index contributed by atoms with van der Waals surface area (Å²) < 4.78 is 103. The van der Waals surface area contributed by atoms with Crippen LogP contribution in [0.3, 0.4) is 0 Å². The molecule has 2 aromatic heterocycles. The highest BCUT2D eigenvalue weighted by Crippen LogP contribution is 2.45. The lowest BCUT2D eigenvalue weighted by Gasteiger charge is -2.49. The van der Waals surface area contributed by atoms with Gasteiger partial charge < -0.3 is 28.8 Å². The molecule has 2 aliphatic rings. The molecule has 0 bridgehead atoms. The second-order valence-corrected chi connectivity index (χ2v) is 8.92. The fourth-order valence-electron chi connectivity index (χ4n) is 4.71. The number of aliphatic hydroxyl groups is 2. The van der Waals surface area contributed by atoms with Crippen LogP contribution in [0.1, 0.15) is 30.4 Å².